The van der Waals surface area contributed by atoms with Gasteiger partial charge in [-0.05, 0) is 31.9 Å². The van der Waals surface area contributed by atoms with Gasteiger partial charge in [0.1, 0.15) is 11.7 Å². The highest BCUT2D eigenvalue weighted by Crippen LogP contribution is 2.12. The Morgan fingerprint density at radius 1 is 1.16 bits per heavy atom. The molecule has 0 saturated carbocycles. The molecule has 0 N–H and O–H groups in total. The van der Waals surface area contributed by atoms with Crippen LogP contribution in [0.3, 0.4) is 0 Å². The Balaban J connectivity index is 2.23. The average molecular weight is 255 g/mol. The maximum atomic E-state index is 12.6. The van der Waals surface area contributed by atoms with Crippen LogP contribution in [0.2, 0.25) is 0 Å². The molecule has 0 fully saturated rings. The molecule has 0 unspecified atom stereocenters. The van der Waals surface area contributed by atoms with Crippen LogP contribution in [-0.4, -0.2) is 21.9 Å². The molecule has 19 heavy (non-hydrogen) atoms. The molecule has 0 saturated heterocycles. The van der Waals surface area contributed by atoms with E-state index in [1.807, 2.05) is 31.2 Å². The third-order valence-corrected chi connectivity index (χ3v) is 3.55. The van der Waals surface area contributed by atoms with Crippen LogP contribution in [0.15, 0.2) is 34.1 Å². The second-order valence-electron chi connectivity index (χ2n) is 4.93. The Kier molecular flexibility index (Phi) is 3.15. The van der Waals surface area contributed by atoms with E-state index in [1.54, 1.807) is 4.57 Å². The quantitative estimate of drug-likeness (QED) is 0.726. The lowest BCUT2D eigenvalue weighted by Gasteiger charge is -2.12. The lowest BCUT2D eigenvalue weighted by molar-refractivity contribution is 0.728. The van der Waals surface area contributed by atoms with Gasteiger partial charge in [-0.2, -0.15) is 0 Å². The monoisotopic (exact) mass is 255 g/mol. The van der Waals surface area contributed by atoms with Crippen LogP contribution in [0.4, 0.5) is 0 Å². The zero-order valence-electron chi connectivity index (χ0n) is 11.1. The second kappa shape index (κ2) is 4.96. The van der Waals surface area contributed by atoms with E-state index in [-0.39, 0.29) is 5.56 Å². The number of hydrogen-bond acceptors (Lipinski definition) is 3. The number of para-hydroxylation sites is 1. The Morgan fingerprint density at radius 3 is 2.89 bits per heavy atom. The predicted octanol–water partition coefficient (Wildman–Crippen LogP) is 2.53. The lowest BCUT2D eigenvalue weighted by Crippen LogP contribution is -2.30. The summed E-state index contributed by atoms with van der Waals surface area (Å²) in [6.07, 6.45) is 4.25. The summed E-state index contributed by atoms with van der Waals surface area (Å²) in [7, 11) is 0. The van der Waals surface area contributed by atoms with E-state index in [1.165, 1.54) is 6.42 Å². The molecule has 0 atom stereocenters. The fourth-order valence-electron chi connectivity index (χ4n) is 2.59. The van der Waals surface area contributed by atoms with Gasteiger partial charge in [-0.15, -0.1) is 0 Å². The average Bonchev–Trinajstić information content (AvgIpc) is 2.68. The lowest BCUT2D eigenvalue weighted by atomic mass is 10.2. The minimum Gasteiger partial charge on any atom is -0.272 e. The van der Waals surface area contributed by atoms with Crippen LogP contribution in [0.5, 0.6) is 0 Å². The molecule has 2 aromatic rings. The van der Waals surface area contributed by atoms with Crippen LogP contribution in [0.1, 0.15) is 31.5 Å². The minimum absolute atomic E-state index is 0.00347. The summed E-state index contributed by atoms with van der Waals surface area (Å²) in [5.74, 6) is 1.60. The number of benzene rings is 1. The van der Waals surface area contributed by atoms with Gasteiger partial charge in [-0.25, -0.2) is 4.98 Å². The van der Waals surface area contributed by atoms with Gasteiger partial charge in [0.05, 0.1) is 10.9 Å². The smallest absolute Gasteiger partial charge is 0.266 e. The number of aliphatic imine (C=N–C) groups is 1. The molecule has 0 aliphatic carbocycles. The molecule has 4 heteroatoms. The standard InChI is InChI=1S/C15H17N3O/c1-11-17-13-8-5-4-7-12(13)15(19)18(11)14-9-3-2-6-10-16-14/h4-5,7-8H,2-3,6,9-10H2,1H3. The van der Waals surface area contributed by atoms with Gasteiger partial charge in [0.2, 0.25) is 0 Å². The van der Waals surface area contributed by atoms with Crippen molar-refractivity contribution in [2.45, 2.75) is 32.6 Å². The summed E-state index contributed by atoms with van der Waals surface area (Å²) in [5.41, 5.74) is 0.763. The summed E-state index contributed by atoms with van der Waals surface area (Å²) in [6.45, 7) is 2.69. The van der Waals surface area contributed by atoms with Crippen LogP contribution < -0.4 is 5.56 Å². The molecule has 1 aromatic heterocycles. The summed E-state index contributed by atoms with van der Waals surface area (Å²) in [4.78, 5) is 21.7. The first-order valence-corrected chi connectivity index (χ1v) is 6.79. The number of hydrogen-bond donors (Lipinski definition) is 0. The van der Waals surface area contributed by atoms with Crippen molar-refractivity contribution in [1.29, 1.82) is 0 Å². The van der Waals surface area contributed by atoms with Crippen LogP contribution >= 0.6 is 0 Å². The first kappa shape index (κ1) is 12.1. The van der Waals surface area contributed by atoms with Crippen LogP contribution in [-0.2, 0) is 0 Å². The van der Waals surface area contributed by atoms with Gasteiger partial charge in [-0.3, -0.25) is 14.4 Å². The highest BCUT2D eigenvalue weighted by Gasteiger charge is 2.13. The molecule has 1 aliphatic heterocycles. The predicted molar refractivity (Wildman–Crippen MR) is 76.9 cm³/mol. The Bertz CT molecular complexity index is 700. The molecule has 0 spiro atoms. The molecule has 4 nitrogen and oxygen atoms in total. The molecule has 2 heterocycles. The number of nitrogens with zero attached hydrogens (tertiary/aromatic N) is 3. The molecule has 0 amide bonds. The van der Waals surface area contributed by atoms with Gasteiger partial charge < -0.3 is 0 Å². The van der Waals surface area contributed by atoms with Crippen molar-refractivity contribution in [3.63, 3.8) is 0 Å². The van der Waals surface area contributed by atoms with Crippen LogP contribution in [0, 0.1) is 6.92 Å². The van der Waals surface area contributed by atoms with Crippen molar-refractivity contribution in [2.24, 2.45) is 4.99 Å². The Labute approximate surface area is 111 Å². The molecule has 3 rings (SSSR count). The topological polar surface area (TPSA) is 47.2 Å². The van der Waals surface area contributed by atoms with Crippen molar-refractivity contribution < 1.29 is 0 Å². The van der Waals surface area contributed by atoms with Gasteiger partial charge >= 0.3 is 0 Å². The molecule has 1 aromatic carbocycles. The number of aromatic nitrogens is 2. The van der Waals surface area contributed by atoms with Crippen molar-refractivity contribution >= 4 is 16.7 Å². The number of fused-ring (bicyclic) bond motifs is 1. The first-order chi connectivity index (χ1) is 9.27. The van der Waals surface area contributed by atoms with E-state index in [9.17, 15) is 4.79 Å². The van der Waals surface area contributed by atoms with Gasteiger partial charge in [-0.1, -0.05) is 18.6 Å². The second-order valence-corrected chi connectivity index (χ2v) is 4.93. The van der Waals surface area contributed by atoms with Crippen LogP contribution in [0.25, 0.3) is 10.9 Å². The third-order valence-electron chi connectivity index (χ3n) is 3.55. The van der Waals surface area contributed by atoms with E-state index in [2.05, 4.69) is 9.98 Å². The molecule has 0 bridgehead atoms. The van der Waals surface area contributed by atoms with E-state index in [0.29, 0.717) is 5.39 Å². The summed E-state index contributed by atoms with van der Waals surface area (Å²) < 4.78 is 1.69. The highest BCUT2D eigenvalue weighted by molar-refractivity contribution is 5.88. The Hall–Kier alpha value is -1.97. The van der Waals surface area contributed by atoms with E-state index >= 15 is 0 Å². The van der Waals surface area contributed by atoms with E-state index in [0.717, 1.165) is 43.0 Å². The fraction of sp³-hybridized carbons (Fsp3) is 0.400. The molecule has 98 valence electrons. The van der Waals surface area contributed by atoms with Gasteiger partial charge in [0.15, 0.2) is 0 Å². The maximum Gasteiger partial charge on any atom is 0.266 e. The van der Waals surface area contributed by atoms with Crippen molar-refractivity contribution in [2.75, 3.05) is 6.54 Å². The van der Waals surface area contributed by atoms with Gasteiger partial charge in [0.25, 0.3) is 5.56 Å². The Morgan fingerprint density at radius 2 is 2.00 bits per heavy atom. The van der Waals surface area contributed by atoms with E-state index in [4.69, 9.17) is 0 Å². The van der Waals surface area contributed by atoms with E-state index < -0.39 is 0 Å². The largest absolute Gasteiger partial charge is 0.272 e. The third kappa shape index (κ3) is 2.18. The summed E-state index contributed by atoms with van der Waals surface area (Å²) in [5, 5.41) is 0.667. The zero-order valence-corrected chi connectivity index (χ0v) is 11.1. The van der Waals surface area contributed by atoms with Crippen molar-refractivity contribution in [3.05, 3.63) is 40.4 Å². The fourth-order valence-corrected chi connectivity index (χ4v) is 2.59. The summed E-state index contributed by atoms with van der Waals surface area (Å²) >= 11 is 0. The summed E-state index contributed by atoms with van der Waals surface area (Å²) in [6, 6.07) is 7.49. The number of aryl methyl sites for hydroxylation is 1. The molecular weight excluding hydrogens is 238 g/mol. The van der Waals surface area contributed by atoms with Crippen molar-refractivity contribution in [1.82, 2.24) is 9.55 Å². The zero-order chi connectivity index (χ0) is 13.2. The maximum absolute atomic E-state index is 12.6. The minimum atomic E-state index is 0.00347. The van der Waals surface area contributed by atoms with Crippen molar-refractivity contribution in [3.8, 4) is 0 Å². The molecule has 0 radical (unpaired) electrons. The normalized spacial score (nSPS) is 16.2. The molecular formula is C15H17N3O. The number of rotatable bonds is 0. The highest BCUT2D eigenvalue weighted by atomic mass is 16.1. The van der Waals surface area contributed by atoms with Gasteiger partial charge in [0, 0.05) is 13.0 Å². The molecule has 1 aliphatic rings. The first-order valence-electron chi connectivity index (χ1n) is 6.79. The SMILES string of the molecule is Cc1nc2ccccc2c(=O)n1C1=NCCCCC1.